The molecule has 114 valence electrons. The minimum atomic E-state index is -0.554. The van der Waals surface area contributed by atoms with E-state index < -0.39 is 12.2 Å². The molecule has 0 aromatic heterocycles. The van der Waals surface area contributed by atoms with Crippen molar-refractivity contribution in [2.24, 2.45) is 5.73 Å². The van der Waals surface area contributed by atoms with E-state index in [1.165, 1.54) is 0 Å². The van der Waals surface area contributed by atoms with E-state index in [1.54, 1.807) is 31.4 Å². The van der Waals surface area contributed by atoms with Gasteiger partial charge in [-0.2, -0.15) is 0 Å². The van der Waals surface area contributed by atoms with Crippen molar-refractivity contribution >= 4 is 11.8 Å². The van der Waals surface area contributed by atoms with Crippen molar-refractivity contribution < 1.29 is 23.7 Å². The first-order valence-corrected chi connectivity index (χ1v) is 6.78. The quantitative estimate of drug-likeness (QED) is 0.854. The van der Waals surface area contributed by atoms with Crippen molar-refractivity contribution in [3.8, 4) is 5.75 Å². The number of anilines is 1. The molecule has 2 heterocycles. The molecule has 1 aromatic rings. The third-order valence-electron chi connectivity index (χ3n) is 3.62. The number of rotatable bonds is 3. The van der Waals surface area contributed by atoms with E-state index in [-0.39, 0.29) is 18.2 Å². The molecule has 4 unspecified atom stereocenters. The Hall–Kier alpha value is -1.83. The van der Waals surface area contributed by atoms with E-state index >= 15 is 0 Å². The molecule has 3 N–H and O–H groups in total. The van der Waals surface area contributed by atoms with E-state index in [0.717, 1.165) is 0 Å². The molecule has 21 heavy (non-hydrogen) atoms. The molecule has 2 fully saturated rings. The van der Waals surface area contributed by atoms with Crippen LogP contribution in [0.1, 0.15) is 0 Å². The third kappa shape index (κ3) is 2.94. The monoisotopic (exact) mass is 294 g/mol. The molecule has 7 nitrogen and oxygen atoms in total. The number of nitrogens with two attached hydrogens (primary N) is 1. The zero-order chi connectivity index (χ0) is 14.8. The number of hydrogen-bond donors (Lipinski definition) is 2. The number of hydrogen-bond acceptors (Lipinski definition) is 6. The average Bonchev–Trinajstić information content (AvgIpc) is 3.03. The first-order chi connectivity index (χ1) is 10.2. The topological polar surface area (TPSA) is 92.0 Å². The summed E-state index contributed by atoms with van der Waals surface area (Å²) < 4.78 is 21.5. The number of fused-ring (bicyclic) bond motifs is 1. The Morgan fingerprint density at radius 3 is 2.95 bits per heavy atom. The Morgan fingerprint density at radius 2 is 2.14 bits per heavy atom. The van der Waals surface area contributed by atoms with Crippen LogP contribution in [-0.2, 0) is 14.2 Å². The lowest BCUT2D eigenvalue weighted by molar-refractivity contribution is 0.00899. The van der Waals surface area contributed by atoms with Crippen LogP contribution in [0.2, 0.25) is 0 Å². The molecule has 1 amide bonds. The summed E-state index contributed by atoms with van der Waals surface area (Å²) in [6.07, 6.45) is -1.47. The lowest BCUT2D eigenvalue weighted by Gasteiger charge is -2.17. The van der Waals surface area contributed by atoms with Crippen LogP contribution in [0.4, 0.5) is 10.5 Å². The van der Waals surface area contributed by atoms with Gasteiger partial charge in [0.1, 0.15) is 18.0 Å². The number of methoxy groups -OCH3 is 1. The molecular weight excluding hydrogens is 276 g/mol. The van der Waals surface area contributed by atoms with Gasteiger partial charge >= 0.3 is 6.09 Å². The third-order valence-corrected chi connectivity index (χ3v) is 3.62. The molecule has 4 atom stereocenters. The molecule has 0 radical (unpaired) electrons. The predicted molar refractivity (Wildman–Crippen MR) is 74.3 cm³/mol. The predicted octanol–water partition coefficient (Wildman–Crippen LogP) is 0.737. The van der Waals surface area contributed by atoms with Crippen molar-refractivity contribution in [2.45, 2.75) is 24.4 Å². The summed E-state index contributed by atoms with van der Waals surface area (Å²) in [5.41, 5.74) is 6.44. The Balaban J connectivity index is 1.57. The van der Waals surface area contributed by atoms with Gasteiger partial charge in [0.25, 0.3) is 0 Å². The summed E-state index contributed by atoms with van der Waals surface area (Å²) in [6.45, 7) is 0.723. The molecule has 0 bridgehead atoms. The van der Waals surface area contributed by atoms with E-state index in [1.807, 2.05) is 0 Å². The van der Waals surface area contributed by atoms with E-state index in [4.69, 9.17) is 24.7 Å². The molecule has 2 aliphatic rings. The van der Waals surface area contributed by atoms with E-state index in [2.05, 4.69) is 5.32 Å². The fourth-order valence-electron chi connectivity index (χ4n) is 2.58. The summed E-state index contributed by atoms with van der Waals surface area (Å²) in [5.74, 6) is 0.655. The number of benzene rings is 1. The molecule has 1 aromatic carbocycles. The largest absolute Gasteiger partial charge is 0.497 e. The van der Waals surface area contributed by atoms with Gasteiger partial charge in [-0.05, 0) is 12.1 Å². The zero-order valence-corrected chi connectivity index (χ0v) is 11.7. The van der Waals surface area contributed by atoms with Crippen molar-refractivity contribution in [3.63, 3.8) is 0 Å². The summed E-state index contributed by atoms with van der Waals surface area (Å²) in [7, 11) is 1.56. The highest BCUT2D eigenvalue weighted by Crippen LogP contribution is 2.28. The van der Waals surface area contributed by atoms with Crippen LogP contribution in [0, 0.1) is 0 Å². The maximum absolute atomic E-state index is 11.9. The second kappa shape index (κ2) is 5.88. The minimum Gasteiger partial charge on any atom is -0.497 e. The molecule has 0 spiro atoms. The van der Waals surface area contributed by atoms with Gasteiger partial charge in [0.2, 0.25) is 0 Å². The number of carbonyl (C=O) groups excluding carboxylic acids is 1. The Kier molecular flexibility index (Phi) is 3.96. The molecule has 2 aliphatic heterocycles. The summed E-state index contributed by atoms with van der Waals surface area (Å²) in [5, 5.41) is 2.65. The Morgan fingerprint density at radius 1 is 1.33 bits per heavy atom. The van der Waals surface area contributed by atoms with Crippen molar-refractivity contribution in [2.75, 3.05) is 25.6 Å². The zero-order valence-electron chi connectivity index (χ0n) is 11.7. The number of ether oxygens (including phenoxy) is 4. The highest BCUT2D eigenvalue weighted by atomic mass is 16.6. The van der Waals surface area contributed by atoms with Gasteiger partial charge in [-0.15, -0.1) is 0 Å². The number of nitrogens with one attached hydrogen (secondary N) is 1. The van der Waals surface area contributed by atoms with Crippen LogP contribution in [0.3, 0.4) is 0 Å². The molecule has 0 saturated carbocycles. The van der Waals surface area contributed by atoms with E-state index in [0.29, 0.717) is 24.7 Å². The van der Waals surface area contributed by atoms with Gasteiger partial charge < -0.3 is 24.7 Å². The molecule has 2 saturated heterocycles. The molecule has 7 heteroatoms. The van der Waals surface area contributed by atoms with Crippen LogP contribution < -0.4 is 15.8 Å². The first kappa shape index (κ1) is 14.1. The van der Waals surface area contributed by atoms with Crippen molar-refractivity contribution in [3.05, 3.63) is 24.3 Å². The van der Waals surface area contributed by atoms with Gasteiger partial charge in [-0.1, -0.05) is 6.07 Å². The highest BCUT2D eigenvalue weighted by Gasteiger charge is 2.48. The fourth-order valence-corrected chi connectivity index (χ4v) is 2.58. The van der Waals surface area contributed by atoms with Gasteiger partial charge in [0.05, 0.1) is 26.4 Å². The average molecular weight is 294 g/mol. The smallest absolute Gasteiger partial charge is 0.412 e. The normalized spacial score (nSPS) is 30.8. The SMILES string of the molecule is COc1cccc(NC(=O)OC2COC3C(N)COC23)c1. The standard InChI is InChI=1S/C14H18N2O5/c1-18-9-4-2-3-8(5-9)16-14(17)21-11-7-20-12-10(15)6-19-13(11)12/h2-5,10-13H,6-7,15H2,1H3,(H,16,17). The maximum atomic E-state index is 11.9. The molecular formula is C14H18N2O5. The van der Waals surface area contributed by atoms with Crippen LogP contribution in [0.15, 0.2) is 24.3 Å². The Labute approximate surface area is 122 Å². The van der Waals surface area contributed by atoms with Crippen molar-refractivity contribution in [1.82, 2.24) is 0 Å². The second-order valence-electron chi connectivity index (χ2n) is 5.06. The summed E-state index contributed by atoms with van der Waals surface area (Å²) >= 11 is 0. The molecule has 0 aliphatic carbocycles. The lowest BCUT2D eigenvalue weighted by atomic mass is 10.1. The van der Waals surface area contributed by atoms with Crippen molar-refractivity contribution in [1.29, 1.82) is 0 Å². The lowest BCUT2D eigenvalue weighted by Crippen LogP contribution is -2.38. The number of carbonyl (C=O) groups is 1. The van der Waals surface area contributed by atoms with Gasteiger partial charge in [0.15, 0.2) is 6.10 Å². The first-order valence-electron chi connectivity index (χ1n) is 6.78. The maximum Gasteiger partial charge on any atom is 0.412 e. The Bertz CT molecular complexity index is 524. The van der Waals surface area contributed by atoms with Crippen LogP contribution in [0.5, 0.6) is 5.75 Å². The van der Waals surface area contributed by atoms with Gasteiger partial charge in [-0.25, -0.2) is 4.79 Å². The second-order valence-corrected chi connectivity index (χ2v) is 5.06. The molecule has 3 rings (SSSR count). The summed E-state index contributed by atoms with van der Waals surface area (Å²) in [4.78, 5) is 11.9. The summed E-state index contributed by atoms with van der Waals surface area (Å²) in [6, 6.07) is 6.86. The van der Waals surface area contributed by atoms with Crippen LogP contribution in [0.25, 0.3) is 0 Å². The highest BCUT2D eigenvalue weighted by molar-refractivity contribution is 5.85. The minimum absolute atomic E-state index is 0.162. The number of amides is 1. The fraction of sp³-hybridized carbons (Fsp3) is 0.500. The van der Waals surface area contributed by atoms with E-state index in [9.17, 15) is 4.79 Å². The van der Waals surface area contributed by atoms with Crippen LogP contribution in [-0.4, -0.2) is 50.8 Å². The van der Waals surface area contributed by atoms with Crippen LogP contribution >= 0.6 is 0 Å². The van der Waals surface area contributed by atoms with Gasteiger partial charge in [0, 0.05) is 11.8 Å². The van der Waals surface area contributed by atoms with Gasteiger partial charge in [-0.3, -0.25) is 5.32 Å².